The summed E-state index contributed by atoms with van der Waals surface area (Å²) in [5, 5.41) is 26.1. The van der Waals surface area contributed by atoms with Crippen LogP contribution in [0.15, 0.2) is 18.2 Å². The van der Waals surface area contributed by atoms with Crippen molar-refractivity contribution in [3.8, 4) is 6.07 Å². The van der Waals surface area contributed by atoms with E-state index in [0.717, 1.165) is 6.07 Å². The van der Waals surface area contributed by atoms with E-state index in [-0.39, 0.29) is 5.56 Å². The summed E-state index contributed by atoms with van der Waals surface area (Å²) in [6.45, 7) is 0. The maximum Gasteiger partial charge on any atom is 0.416 e. The molecule has 0 amide bonds. The van der Waals surface area contributed by atoms with Gasteiger partial charge in [-0.2, -0.15) is 18.4 Å². The number of aliphatic hydroxyl groups excluding tert-OH is 1. The van der Waals surface area contributed by atoms with E-state index in [1.807, 2.05) is 0 Å². The summed E-state index contributed by atoms with van der Waals surface area (Å²) in [6, 6.07) is 3.45. The first-order valence-electron chi connectivity index (χ1n) is 4.29. The van der Waals surface area contributed by atoms with Gasteiger partial charge in [0.1, 0.15) is 0 Å². The molecule has 1 unspecified atom stereocenters. The third kappa shape index (κ3) is 2.95. The van der Waals surface area contributed by atoms with Gasteiger partial charge in [-0.25, -0.2) is 4.79 Å². The van der Waals surface area contributed by atoms with Crippen molar-refractivity contribution in [3.05, 3.63) is 34.9 Å². The number of alkyl halides is 3. The van der Waals surface area contributed by atoms with Crippen LogP contribution in [0.3, 0.4) is 0 Å². The number of halogens is 3. The first-order chi connectivity index (χ1) is 7.75. The Bertz CT molecular complexity index is 491. The Balaban J connectivity index is 3.34. The Labute approximate surface area is 93.5 Å². The number of benzene rings is 1. The van der Waals surface area contributed by atoms with Crippen LogP contribution < -0.4 is 0 Å². The Kier molecular flexibility index (Phi) is 3.39. The average Bonchev–Trinajstić information content (AvgIpc) is 2.26. The zero-order valence-electron chi connectivity index (χ0n) is 8.19. The van der Waals surface area contributed by atoms with E-state index in [1.165, 1.54) is 6.07 Å². The summed E-state index contributed by atoms with van der Waals surface area (Å²) < 4.78 is 37.2. The predicted molar refractivity (Wildman–Crippen MR) is 48.8 cm³/mol. The fourth-order valence-corrected chi connectivity index (χ4v) is 1.18. The fourth-order valence-electron chi connectivity index (χ4n) is 1.18. The third-order valence-corrected chi connectivity index (χ3v) is 1.96. The average molecular weight is 245 g/mol. The maximum absolute atomic E-state index is 12.4. The predicted octanol–water partition coefficient (Wildman–Crippen LogP) is 1.70. The second kappa shape index (κ2) is 4.43. The van der Waals surface area contributed by atoms with Crippen LogP contribution in [0.1, 0.15) is 22.8 Å². The molecule has 0 aliphatic heterocycles. The second-order valence-electron chi connectivity index (χ2n) is 3.19. The third-order valence-electron chi connectivity index (χ3n) is 1.96. The minimum Gasteiger partial charge on any atom is -0.479 e. The highest BCUT2D eigenvalue weighted by atomic mass is 19.4. The number of carboxylic acid groups (broad SMARTS) is 1. The molecule has 0 radical (unpaired) electrons. The van der Waals surface area contributed by atoms with Gasteiger partial charge in [0.05, 0.1) is 17.2 Å². The largest absolute Gasteiger partial charge is 0.479 e. The van der Waals surface area contributed by atoms with E-state index in [4.69, 9.17) is 15.5 Å². The number of aliphatic carboxylic acids is 1. The highest BCUT2D eigenvalue weighted by Crippen LogP contribution is 2.31. The van der Waals surface area contributed by atoms with Crippen LogP contribution in [0.5, 0.6) is 0 Å². The number of carboxylic acids is 1. The van der Waals surface area contributed by atoms with Gasteiger partial charge in [-0.3, -0.25) is 0 Å². The van der Waals surface area contributed by atoms with Crippen LogP contribution in [-0.2, 0) is 11.0 Å². The van der Waals surface area contributed by atoms with Gasteiger partial charge in [0.25, 0.3) is 0 Å². The van der Waals surface area contributed by atoms with Gasteiger partial charge in [-0.15, -0.1) is 0 Å². The molecular weight excluding hydrogens is 239 g/mol. The van der Waals surface area contributed by atoms with Gasteiger partial charge >= 0.3 is 12.1 Å². The summed E-state index contributed by atoms with van der Waals surface area (Å²) in [7, 11) is 0. The van der Waals surface area contributed by atoms with Crippen molar-refractivity contribution in [2.45, 2.75) is 12.3 Å². The molecule has 17 heavy (non-hydrogen) atoms. The van der Waals surface area contributed by atoms with Crippen LogP contribution in [0.25, 0.3) is 0 Å². The molecule has 1 rings (SSSR count). The lowest BCUT2D eigenvalue weighted by Crippen LogP contribution is -2.13. The topological polar surface area (TPSA) is 81.3 Å². The second-order valence-corrected chi connectivity index (χ2v) is 3.19. The van der Waals surface area contributed by atoms with E-state index in [9.17, 15) is 18.0 Å². The molecule has 4 nitrogen and oxygen atoms in total. The van der Waals surface area contributed by atoms with Crippen LogP contribution in [0.2, 0.25) is 0 Å². The van der Waals surface area contributed by atoms with Gasteiger partial charge in [0.15, 0.2) is 6.10 Å². The maximum atomic E-state index is 12.4. The highest BCUT2D eigenvalue weighted by Gasteiger charge is 2.32. The van der Waals surface area contributed by atoms with E-state index < -0.39 is 29.4 Å². The lowest BCUT2D eigenvalue weighted by atomic mass is 10.0. The SMILES string of the molecule is N#Cc1cc(C(O)C(=O)O)cc(C(F)(F)F)c1. The normalized spacial score (nSPS) is 12.9. The number of nitriles is 1. The number of aliphatic hydroxyl groups is 1. The van der Waals surface area contributed by atoms with Crippen molar-refractivity contribution in [2.75, 3.05) is 0 Å². The quantitative estimate of drug-likeness (QED) is 0.830. The molecule has 7 heteroatoms. The lowest BCUT2D eigenvalue weighted by Gasteiger charge is -2.11. The molecule has 0 saturated heterocycles. The molecular formula is C10H6F3NO3. The van der Waals surface area contributed by atoms with Crippen molar-refractivity contribution >= 4 is 5.97 Å². The molecule has 0 spiro atoms. The Morgan fingerprint density at radius 1 is 1.35 bits per heavy atom. The highest BCUT2D eigenvalue weighted by molar-refractivity contribution is 5.74. The number of hydrogen-bond acceptors (Lipinski definition) is 3. The van der Waals surface area contributed by atoms with E-state index >= 15 is 0 Å². The van der Waals surface area contributed by atoms with Crippen LogP contribution in [0.4, 0.5) is 13.2 Å². The molecule has 90 valence electrons. The molecule has 0 aliphatic carbocycles. The molecule has 0 bridgehead atoms. The Hall–Kier alpha value is -2.07. The van der Waals surface area contributed by atoms with Crippen molar-refractivity contribution in [3.63, 3.8) is 0 Å². The van der Waals surface area contributed by atoms with E-state index in [0.29, 0.717) is 12.1 Å². The minimum absolute atomic E-state index is 0.366. The number of nitrogens with zero attached hydrogens (tertiary/aromatic N) is 1. The molecule has 2 N–H and O–H groups in total. The fraction of sp³-hybridized carbons (Fsp3) is 0.200. The molecule has 0 heterocycles. The summed E-state index contributed by atoms with van der Waals surface area (Å²) >= 11 is 0. The van der Waals surface area contributed by atoms with Crippen molar-refractivity contribution in [1.29, 1.82) is 5.26 Å². The molecule has 1 atom stereocenters. The summed E-state index contributed by atoms with van der Waals surface area (Å²) in [4.78, 5) is 10.4. The zero-order chi connectivity index (χ0) is 13.2. The van der Waals surface area contributed by atoms with Gasteiger partial charge in [-0.05, 0) is 23.8 Å². The minimum atomic E-state index is -4.71. The summed E-state index contributed by atoms with van der Waals surface area (Å²) in [6.07, 6.45) is -6.80. The van der Waals surface area contributed by atoms with E-state index in [1.54, 1.807) is 0 Å². The van der Waals surface area contributed by atoms with Crippen molar-refractivity contribution in [2.24, 2.45) is 0 Å². The van der Waals surface area contributed by atoms with Gasteiger partial charge < -0.3 is 10.2 Å². The van der Waals surface area contributed by atoms with Crippen LogP contribution in [-0.4, -0.2) is 16.2 Å². The van der Waals surface area contributed by atoms with E-state index in [2.05, 4.69) is 0 Å². The standard InChI is InChI=1S/C10H6F3NO3/c11-10(12,13)7-2-5(4-14)1-6(3-7)8(15)9(16)17/h1-3,8,15H,(H,16,17). The number of hydrogen-bond donors (Lipinski definition) is 2. The molecule has 0 fully saturated rings. The summed E-state index contributed by atoms with van der Waals surface area (Å²) in [5.74, 6) is -1.69. The zero-order valence-corrected chi connectivity index (χ0v) is 8.19. The lowest BCUT2D eigenvalue weighted by molar-refractivity contribution is -0.147. The Morgan fingerprint density at radius 3 is 2.35 bits per heavy atom. The first-order valence-corrected chi connectivity index (χ1v) is 4.29. The van der Waals surface area contributed by atoms with Crippen molar-refractivity contribution in [1.82, 2.24) is 0 Å². The molecule has 0 saturated carbocycles. The molecule has 0 aliphatic rings. The van der Waals surface area contributed by atoms with Crippen LogP contribution in [0, 0.1) is 11.3 Å². The smallest absolute Gasteiger partial charge is 0.416 e. The molecule has 0 aromatic heterocycles. The van der Waals surface area contributed by atoms with Gasteiger partial charge in [0.2, 0.25) is 0 Å². The van der Waals surface area contributed by atoms with Gasteiger partial charge in [-0.1, -0.05) is 0 Å². The number of rotatable bonds is 2. The monoisotopic (exact) mass is 245 g/mol. The van der Waals surface area contributed by atoms with Crippen LogP contribution >= 0.6 is 0 Å². The van der Waals surface area contributed by atoms with Crippen molar-refractivity contribution < 1.29 is 28.2 Å². The number of carbonyl (C=O) groups is 1. The first kappa shape index (κ1) is 13.0. The molecule has 1 aromatic rings. The summed E-state index contributed by atoms with van der Waals surface area (Å²) in [5.41, 5.74) is -2.02. The molecule has 1 aromatic carbocycles. The van der Waals surface area contributed by atoms with Gasteiger partial charge in [0, 0.05) is 0 Å². The Morgan fingerprint density at radius 2 is 1.94 bits per heavy atom.